The average molecular weight is 269 g/mol. The molecular formula is C11H13BrN2O. The summed E-state index contributed by atoms with van der Waals surface area (Å²) in [6, 6.07) is 5.94. The van der Waals surface area contributed by atoms with Gasteiger partial charge in [0.25, 0.3) is 0 Å². The third-order valence-electron chi connectivity index (χ3n) is 2.06. The Bertz CT molecular complexity index is 485. The summed E-state index contributed by atoms with van der Waals surface area (Å²) in [5.74, 6) is 0. The average Bonchev–Trinajstić information content (AvgIpc) is 2.42. The van der Waals surface area contributed by atoms with E-state index in [-0.39, 0.29) is 0 Å². The first-order valence-electron chi connectivity index (χ1n) is 4.79. The lowest BCUT2D eigenvalue weighted by Gasteiger charge is -2.16. The van der Waals surface area contributed by atoms with Crippen molar-refractivity contribution < 1.29 is 5.11 Å². The molecule has 3 nitrogen and oxygen atoms in total. The molecule has 0 aliphatic carbocycles. The quantitative estimate of drug-likeness (QED) is 0.909. The van der Waals surface area contributed by atoms with Crippen LogP contribution in [0, 0.1) is 0 Å². The molecule has 4 heteroatoms. The van der Waals surface area contributed by atoms with E-state index in [2.05, 4.69) is 21.0 Å². The standard InChI is InChI=1S/C11H13BrN2O/c1-11(2,15)7-14-6-8-5-9(12)3-4-10(8)13-14/h3-6,15H,7H2,1-2H3. The van der Waals surface area contributed by atoms with Crippen molar-refractivity contribution in [3.05, 3.63) is 28.9 Å². The molecule has 0 unspecified atom stereocenters. The summed E-state index contributed by atoms with van der Waals surface area (Å²) in [6.45, 7) is 4.05. The molecule has 0 fully saturated rings. The highest BCUT2D eigenvalue weighted by Gasteiger charge is 2.14. The lowest BCUT2D eigenvalue weighted by molar-refractivity contribution is 0.0580. The highest BCUT2D eigenvalue weighted by Crippen LogP contribution is 2.19. The predicted molar refractivity (Wildman–Crippen MR) is 63.7 cm³/mol. The Balaban J connectivity index is 2.39. The van der Waals surface area contributed by atoms with Gasteiger partial charge >= 0.3 is 0 Å². The van der Waals surface area contributed by atoms with E-state index in [9.17, 15) is 5.11 Å². The summed E-state index contributed by atoms with van der Waals surface area (Å²) in [6.07, 6.45) is 1.94. The van der Waals surface area contributed by atoms with Crippen LogP contribution in [0.15, 0.2) is 28.9 Å². The first kappa shape index (κ1) is 10.6. The minimum Gasteiger partial charge on any atom is -0.389 e. The summed E-state index contributed by atoms with van der Waals surface area (Å²) >= 11 is 3.42. The van der Waals surface area contributed by atoms with E-state index in [0.717, 1.165) is 15.4 Å². The van der Waals surface area contributed by atoms with Gasteiger partial charge in [-0.05, 0) is 32.0 Å². The van der Waals surface area contributed by atoms with Crippen molar-refractivity contribution in [1.29, 1.82) is 0 Å². The van der Waals surface area contributed by atoms with E-state index in [0.29, 0.717) is 6.54 Å². The lowest BCUT2D eigenvalue weighted by Crippen LogP contribution is -2.26. The minimum absolute atomic E-state index is 0.499. The largest absolute Gasteiger partial charge is 0.389 e. The van der Waals surface area contributed by atoms with Gasteiger partial charge in [0.05, 0.1) is 17.7 Å². The Morgan fingerprint density at radius 1 is 1.47 bits per heavy atom. The zero-order valence-corrected chi connectivity index (χ0v) is 10.3. The zero-order valence-electron chi connectivity index (χ0n) is 8.74. The molecule has 1 heterocycles. The number of aliphatic hydroxyl groups is 1. The normalized spacial score (nSPS) is 12.3. The van der Waals surface area contributed by atoms with Crippen molar-refractivity contribution in [3.8, 4) is 0 Å². The van der Waals surface area contributed by atoms with E-state index in [1.54, 1.807) is 18.5 Å². The van der Waals surface area contributed by atoms with Gasteiger partial charge in [-0.25, -0.2) is 0 Å². The Morgan fingerprint density at radius 3 is 2.87 bits per heavy atom. The molecular weight excluding hydrogens is 256 g/mol. The number of benzene rings is 1. The van der Waals surface area contributed by atoms with Gasteiger partial charge in [0.2, 0.25) is 0 Å². The summed E-state index contributed by atoms with van der Waals surface area (Å²) < 4.78 is 2.81. The van der Waals surface area contributed by atoms with E-state index in [4.69, 9.17) is 0 Å². The Kier molecular flexibility index (Phi) is 2.56. The van der Waals surface area contributed by atoms with Crippen molar-refractivity contribution in [1.82, 2.24) is 9.78 Å². The topological polar surface area (TPSA) is 38.0 Å². The first-order valence-corrected chi connectivity index (χ1v) is 5.58. The highest BCUT2D eigenvalue weighted by molar-refractivity contribution is 9.10. The van der Waals surface area contributed by atoms with Crippen LogP contribution in [0.1, 0.15) is 13.8 Å². The van der Waals surface area contributed by atoms with Crippen LogP contribution in [0.5, 0.6) is 0 Å². The summed E-state index contributed by atoms with van der Waals surface area (Å²) in [5.41, 5.74) is 0.210. The Morgan fingerprint density at radius 2 is 2.20 bits per heavy atom. The molecule has 80 valence electrons. The number of halogens is 1. The third-order valence-corrected chi connectivity index (χ3v) is 2.56. The molecule has 0 aliphatic heterocycles. The van der Waals surface area contributed by atoms with Crippen molar-refractivity contribution in [2.24, 2.45) is 0 Å². The summed E-state index contributed by atoms with van der Waals surface area (Å²) in [4.78, 5) is 0. The number of rotatable bonds is 2. The molecule has 0 spiro atoms. The van der Waals surface area contributed by atoms with Gasteiger partial charge in [0, 0.05) is 16.1 Å². The van der Waals surface area contributed by atoms with Gasteiger partial charge < -0.3 is 5.11 Å². The van der Waals surface area contributed by atoms with Gasteiger partial charge in [0.15, 0.2) is 0 Å². The maximum absolute atomic E-state index is 9.68. The Labute approximate surface area is 96.8 Å². The van der Waals surface area contributed by atoms with E-state index >= 15 is 0 Å². The van der Waals surface area contributed by atoms with Crippen molar-refractivity contribution >= 4 is 26.8 Å². The van der Waals surface area contributed by atoms with Crippen LogP contribution >= 0.6 is 15.9 Å². The molecule has 0 amide bonds. The van der Waals surface area contributed by atoms with Gasteiger partial charge in [-0.15, -0.1) is 0 Å². The molecule has 0 atom stereocenters. The fourth-order valence-electron chi connectivity index (χ4n) is 1.53. The van der Waals surface area contributed by atoms with Gasteiger partial charge in [-0.3, -0.25) is 4.68 Å². The van der Waals surface area contributed by atoms with Crippen LogP contribution in [0.25, 0.3) is 10.9 Å². The number of aromatic nitrogens is 2. The second kappa shape index (κ2) is 3.61. The molecule has 2 rings (SSSR count). The third kappa shape index (κ3) is 2.58. The molecule has 1 N–H and O–H groups in total. The minimum atomic E-state index is -0.737. The second-order valence-electron chi connectivity index (χ2n) is 4.34. The fourth-order valence-corrected chi connectivity index (χ4v) is 1.90. The first-order chi connectivity index (χ1) is 6.94. The van der Waals surface area contributed by atoms with Crippen LogP contribution in [0.4, 0.5) is 0 Å². The van der Waals surface area contributed by atoms with Crippen LogP contribution in [0.2, 0.25) is 0 Å². The molecule has 15 heavy (non-hydrogen) atoms. The maximum Gasteiger partial charge on any atom is 0.0924 e. The SMILES string of the molecule is CC(C)(O)Cn1cc2cc(Br)ccc2n1. The summed E-state index contributed by atoms with van der Waals surface area (Å²) in [7, 11) is 0. The van der Waals surface area contributed by atoms with Crippen molar-refractivity contribution in [2.75, 3.05) is 0 Å². The number of hydrogen-bond donors (Lipinski definition) is 1. The van der Waals surface area contributed by atoms with E-state index in [1.807, 2.05) is 24.4 Å². The molecule has 1 aromatic heterocycles. The van der Waals surface area contributed by atoms with E-state index < -0.39 is 5.60 Å². The molecule has 1 aromatic carbocycles. The van der Waals surface area contributed by atoms with Crippen molar-refractivity contribution in [3.63, 3.8) is 0 Å². The van der Waals surface area contributed by atoms with Crippen LogP contribution in [-0.2, 0) is 6.54 Å². The molecule has 0 saturated heterocycles. The van der Waals surface area contributed by atoms with Crippen LogP contribution in [0.3, 0.4) is 0 Å². The molecule has 2 aromatic rings. The number of nitrogens with zero attached hydrogens (tertiary/aromatic N) is 2. The molecule has 0 aliphatic rings. The second-order valence-corrected chi connectivity index (χ2v) is 5.26. The van der Waals surface area contributed by atoms with Gasteiger partial charge in [-0.1, -0.05) is 15.9 Å². The van der Waals surface area contributed by atoms with Crippen molar-refractivity contribution in [2.45, 2.75) is 26.0 Å². The smallest absolute Gasteiger partial charge is 0.0924 e. The van der Waals surface area contributed by atoms with Gasteiger partial charge in [-0.2, -0.15) is 5.10 Å². The zero-order chi connectivity index (χ0) is 11.1. The Hall–Kier alpha value is -0.870. The monoisotopic (exact) mass is 268 g/mol. The van der Waals surface area contributed by atoms with Gasteiger partial charge in [0.1, 0.15) is 0 Å². The summed E-state index contributed by atoms with van der Waals surface area (Å²) in [5, 5.41) is 15.1. The van der Waals surface area contributed by atoms with Crippen LogP contribution < -0.4 is 0 Å². The fraction of sp³-hybridized carbons (Fsp3) is 0.364. The van der Waals surface area contributed by atoms with E-state index in [1.165, 1.54) is 0 Å². The predicted octanol–water partition coefficient (Wildman–Crippen LogP) is 2.57. The molecule has 0 radical (unpaired) electrons. The lowest BCUT2D eigenvalue weighted by atomic mass is 10.1. The highest BCUT2D eigenvalue weighted by atomic mass is 79.9. The molecule has 0 saturated carbocycles. The molecule has 0 bridgehead atoms. The maximum atomic E-state index is 9.68. The number of fused-ring (bicyclic) bond motifs is 1. The van der Waals surface area contributed by atoms with Crippen LogP contribution in [-0.4, -0.2) is 20.5 Å². The number of hydrogen-bond acceptors (Lipinski definition) is 2.